The van der Waals surface area contributed by atoms with E-state index in [9.17, 15) is 4.79 Å². The zero-order valence-corrected chi connectivity index (χ0v) is 20.6. The lowest BCUT2D eigenvalue weighted by atomic mass is 10.1. The van der Waals surface area contributed by atoms with Crippen LogP contribution in [0.1, 0.15) is 29.3 Å². The number of rotatable bonds is 6. The van der Waals surface area contributed by atoms with Crippen molar-refractivity contribution >= 4 is 51.4 Å². The minimum absolute atomic E-state index is 0.0681. The second-order valence-corrected chi connectivity index (χ2v) is 9.66. The molecule has 9 heteroatoms. The van der Waals surface area contributed by atoms with Crippen molar-refractivity contribution in [2.75, 3.05) is 4.90 Å². The fourth-order valence-electron chi connectivity index (χ4n) is 3.30. The molecule has 0 aliphatic heterocycles. The molecule has 0 N–H and O–H groups in total. The number of thiazole rings is 1. The highest BCUT2D eigenvalue weighted by Gasteiger charge is 2.20. The molecule has 4 rings (SSSR count). The van der Waals surface area contributed by atoms with Crippen LogP contribution < -0.4 is 4.90 Å². The van der Waals surface area contributed by atoms with Gasteiger partial charge in [0.05, 0.1) is 17.1 Å². The van der Waals surface area contributed by atoms with E-state index in [-0.39, 0.29) is 5.91 Å². The van der Waals surface area contributed by atoms with Crippen molar-refractivity contribution in [2.24, 2.45) is 0 Å². The Labute approximate surface area is 200 Å². The number of hydrogen-bond acceptors (Lipinski definition) is 6. The van der Waals surface area contributed by atoms with Crippen LogP contribution in [0.3, 0.4) is 0 Å². The maximum Gasteiger partial charge on any atom is 0.230 e. The summed E-state index contributed by atoms with van der Waals surface area (Å²) < 4.78 is 1.90. The number of halogens is 1. The first-order valence-electron chi connectivity index (χ1n) is 9.95. The largest absolute Gasteiger partial charge is 0.277 e. The second kappa shape index (κ2) is 9.44. The standard InChI is InChI=1S/C23H22ClN5OS2/c1-14-5-8-21(16(3)9-14)29(17(4)30)22-26-18(11-31-22)12-32-23-27-25-13-28(23)19-7-6-15(2)20(24)10-19/h5-11,13H,12H2,1-4H3. The normalized spacial score (nSPS) is 11.0. The first-order chi connectivity index (χ1) is 15.3. The van der Waals surface area contributed by atoms with Crippen LogP contribution in [-0.2, 0) is 10.5 Å². The molecule has 4 aromatic rings. The fourth-order valence-corrected chi connectivity index (χ4v) is 5.28. The number of carbonyl (C=O) groups excluding carboxylic acids is 1. The van der Waals surface area contributed by atoms with Crippen molar-refractivity contribution in [1.82, 2.24) is 19.7 Å². The van der Waals surface area contributed by atoms with Crippen LogP contribution in [0.25, 0.3) is 5.69 Å². The Morgan fingerprint density at radius 1 is 1.16 bits per heavy atom. The average Bonchev–Trinajstić information content (AvgIpc) is 3.40. The molecule has 0 saturated heterocycles. The van der Waals surface area contributed by atoms with Crippen LogP contribution in [-0.4, -0.2) is 25.7 Å². The smallest absolute Gasteiger partial charge is 0.230 e. The molecule has 0 fully saturated rings. The van der Waals surface area contributed by atoms with Crippen LogP contribution in [0.4, 0.5) is 10.8 Å². The van der Waals surface area contributed by atoms with Crippen molar-refractivity contribution in [2.45, 2.75) is 38.6 Å². The third-order valence-corrected chi connectivity index (χ3v) is 7.20. The Morgan fingerprint density at radius 2 is 1.97 bits per heavy atom. The Morgan fingerprint density at radius 3 is 2.69 bits per heavy atom. The quantitative estimate of drug-likeness (QED) is 0.302. The summed E-state index contributed by atoms with van der Waals surface area (Å²) in [5, 5.41) is 12.4. The molecule has 1 amide bonds. The van der Waals surface area contributed by atoms with Gasteiger partial charge in [-0.15, -0.1) is 21.5 Å². The van der Waals surface area contributed by atoms with Crippen LogP contribution in [0.15, 0.2) is 53.3 Å². The lowest BCUT2D eigenvalue weighted by Gasteiger charge is -2.20. The SMILES string of the molecule is CC(=O)N(c1nc(CSc2nncn2-c2ccc(C)c(Cl)c2)cs1)c1ccc(C)cc1C. The van der Waals surface area contributed by atoms with Gasteiger partial charge in [0.15, 0.2) is 10.3 Å². The molecule has 0 spiro atoms. The van der Waals surface area contributed by atoms with Gasteiger partial charge in [0.2, 0.25) is 5.91 Å². The molecule has 0 aliphatic rings. The predicted molar refractivity (Wildman–Crippen MR) is 132 cm³/mol. The molecule has 32 heavy (non-hydrogen) atoms. The Bertz CT molecular complexity index is 1280. The molecule has 2 aromatic heterocycles. The summed E-state index contributed by atoms with van der Waals surface area (Å²) >= 11 is 9.27. The van der Waals surface area contributed by atoms with E-state index in [1.165, 1.54) is 23.1 Å². The van der Waals surface area contributed by atoms with Gasteiger partial charge >= 0.3 is 0 Å². The highest BCUT2D eigenvalue weighted by Crippen LogP contribution is 2.33. The summed E-state index contributed by atoms with van der Waals surface area (Å²) in [7, 11) is 0. The van der Waals surface area contributed by atoms with Gasteiger partial charge in [0.25, 0.3) is 0 Å². The topological polar surface area (TPSA) is 63.9 Å². The van der Waals surface area contributed by atoms with Crippen molar-refractivity contribution in [3.05, 3.63) is 75.5 Å². The number of hydrogen-bond donors (Lipinski definition) is 0. The van der Waals surface area contributed by atoms with E-state index >= 15 is 0 Å². The third kappa shape index (κ3) is 4.72. The Kier molecular flexibility index (Phi) is 6.64. The number of thioether (sulfide) groups is 1. The van der Waals surface area contributed by atoms with Crippen LogP contribution >= 0.6 is 34.7 Å². The minimum atomic E-state index is -0.0681. The van der Waals surface area contributed by atoms with E-state index in [0.29, 0.717) is 15.9 Å². The van der Waals surface area contributed by atoms with Crippen LogP contribution in [0, 0.1) is 20.8 Å². The summed E-state index contributed by atoms with van der Waals surface area (Å²) in [6.07, 6.45) is 1.67. The van der Waals surface area contributed by atoms with E-state index in [4.69, 9.17) is 16.6 Å². The van der Waals surface area contributed by atoms with E-state index in [2.05, 4.69) is 16.3 Å². The number of aryl methyl sites for hydroxylation is 3. The van der Waals surface area contributed by atoms with Gasteiger partial charge in [-0.3, -0.25) is 14.3 Å². The molecule has 2 aromatic carbocycles. The number of nitrogens with zero attached hydrogens (tertiary/aromatic N) is 5. The molecule has 0 atom stereocenters. The zero-order valence-electron chi connectivity index (χ0n) is 18.2. The molecule has 0 unspecified atom stereocenters. The molecular formula is C23H22ClN5OS2. The number of anilines is 2. The van der Waals surface area contributed by atoms with E-state index in [1.54, 1.807) is 18.2 Å². The summed E-state index contributed by atoms with van der Waals surface area (Å²) in [6, 6.07) is 11.9. The third-order valence-electron chi connectivity index (χ3n) is 4.94. The van der Waals surface area contributed by atoms with Crippen molar-refractivity contribution in [3.8, 4) is 5.69 Å². The maximum absolute atomic E-state index is 12.4. The lowest BCUT2D eigenvalue weighted by molar-refractivity contribution is -0.115. The second-order valence-electron chi connectivity index (χ2n) is 7.47. The lowest BCUT2D eigenvalue weighted by Crippen LogP contribution is -2.23. The van der Waals surface area contributed by atoms with Gasteiger partial charge in [-0.2, -0.15) is 0 Å². The number of amides is 1. The monoisotopic (exact) mass is 483 g/mol. The average molecular weight is 484 g/mol. The molecule has 0 aliphatic carbocycles. The first-order valence-corrected chi connectivity index (χ1v) is 12.2. The Hall–Kier alpha value is -2.68. The summed E-state index contributed by atoms with van der Waals surface area (Å²) in [5.41, 5.74) is 5.85. The number of aromatic nitrogens is 4. The summed E-state index contributed by atoms with van der Waals surface area (Å²) in [6.45, 7) is 7.57. The van der Waals surface area contributed by atoms with E-state index in [1.807, 2.05) is 61.1 Å². The van der Waals surface area contributed by atoms with Gasteiger partial charge < -0.3 is 0 Å². The van der Waals surface area contributed by atoms with Gasteiger partial charge in [-0.05, 0) is 50.1 Å². The Balaban J connectivity index is 1.53. The minimum Gasteiger partial charge on any atom is -0.277 e. The van der Waals surface area contributed by atoms with Gasteiger partial charge in [-0.25, -0.2) is 4.98 Å². The molecular weight excluding hydrogens is 462 g/mol. The molecule has 164 valence electrons. The van der Waals surface area contributed by atoms with Crippen molar-refractivity contribution in [1.29, 1.82) is 0 Å². The van der Waals surface area contributed by atoms with Gasteiger partial charge in [0.1, 0.15) is 6.33 Å². The molecule has 6 nitrogen and oxygen atoms in total. The molecule has 2 heterocycles. The summed E-state index contributed by atoms with van der Waals surface area (Å²) in [5.74, 6) is 0.537. The van der Waals surface area contributed by atoms with E-state index < -0.39 is 0 Å². The summed E-state index contributed by atoms with van der Waals surface area (Å²) in [4.78, 5) is 18.8. The first kappa shape index (κ1) is 22.5. The zero-order chi connectivity index (χ0) is 22.8. The van der Waals surface area contributed by atoms with Crippen LogP contribution in [0.2, 0.25) is 5.02 Å². The fraction of sp³-hybridized carbons (Fsp3) is 0.217. The number of benzene rings is 2. The number of carbonyl (C=O) groups is 1. The highest BCUT2D eigenvalue weighted by atomic mass is 35.5. The van der Waals surface area contributed by atoms with Gasteiger partial charge in [0, 0.05) is 23.1 Å². The van der Waals surface area contributed by atoms with Gasteiger partial charge in [-0.1, -0.05) is 47.1 Å². The van der Waals surface area contributed by atoms with E-state index in [0.717, 1.165) is 38.9 Å². The highest BCUT2D eigenvalue weighted by molar-refractivity contribution is 7.98. The molecule has 0 radical (unpaired) electrons. The van der Waals surface area contributed by atoms with Crippen molar-refractivity contribution in [3.63, 3.8) is 0 Å². The molecule has 0 bridgehead atoms. The predicted octanol–water partition coefficient (Wildman–Crippen LogP) is 6.28. The van der Waals surface area contributed by atoms with Crippen molar-refractivity contribution < 1.29 is 4.79 Å². The molecule has 0 saturated carbocycles. The maximum atomic E-state index is 12.4. The van der Waals surface area contributed by atoms with Crippen LogP contribution in [0.5, 0.6) is 0 Å².